The third kappa shape index (κ3) is 2.46. The standard InChI is InChI=1S/C5H8ClN5/c1-3(6)2-8-5-9-4(7)10-11-5/h1-2H2,(H4,7,8,9,10,11). The zero-order valence-corrected chi connectivity index (χ0v) is 6.52. The lowest BCUT2D eigenvalue weighted by Crippen LogP contribution is -2.02. The highest BCUT2D eigenvalue weighted by atomic mass is 35.5. The van der Waals surface area contributed by atoms with E-state index in [0.29, 0.717) is 17.5 Å². The Morgan fingerprint density at radius 1 is 1.82 bits per heavy atom. The molecule has 1 rings (SSSR count). The van der Waals surface area contributed by atoms with E-state index >= 15 is 0 Å². The molecule has 5 nitrogen and oxygen atoms in total. The number of hydrogen-bond acceptors (Lipinski definition) is 4. The molecule has 6 heteroatoms. The molecule has 0 fully saturated rings. The minimum atomic E-state index is 0.271. The summed E-state index contributed by atoms with van der Waals surface area (Å²) in [6.45, 7) is 3.91. The zero-order valence-electron chi connectivity index (χ0n) is 5.76. The van der Waals surface area contributed by atoms with E-state index in [-0.39, 0.29) is 5.95 Å². The van der Waals surface area contributed by atoms with Crippen LogP contribution in [0.3, 0.4) is 0 Å². The average Bonchev–Trinajstić information content (AvgIpc) is 2.31. The maximum Gasteiger partial charge on any atom is 0.243 e. The van der Waals surface area contributed by atoms with Crippen LogP contribution in [0, 0.1) is 0 Å². The average molecular weight is 174 g/mol. The van der Waals surface area contributed by atoms with Gasteiger partial charge in [-0.2, -0.15) is 4.98 Å². The molecule has 0 aliphatic heterocycles. The van der Waals surface area contributed by atoms with E-state index in [0.717, 1.165) is 0 Å². The predicted molar refractivity (Wildman–Crippen MR) is 44.3 cm³/mol. The monoisotopic (exact) mass is 173 g/mol. The maximum absolute atomic E-state index is 5.48. The summed E-state index contributed by atoms with van der Waals surface area (Å²) >= 11 is 5.48. The van der Waals surface area contributed by atoms with Crippen molar-refractivity contribution in [1.29, 1.82) is 0 Å². The first kappa shape index (κ1) is 7.87. The number of anilines is 2. The SMILES string of the molecule is C=C(Cl)CNc1n[nH]c(N)n1. The molecule has 11 heavy (non-hydrogen) atoms. The van der Waals surface area contributed by atoms with Crippen molar-refractivity contribution in [2.24, 2.45) is 0 Å². The highest BCUT2D eigenvalue weighted by molar-refractivity contribution is 6.29. The van der Waals surface area contributed by atoms with E-state index in [1.807, 2.05) is 0 Å². The second-order valence-electron chi connectivity index (χ2n) is 1.92. The Balaban J connectivity index is 2.45. The van der Waals surface area contributed by atoms with Crippen molar-refractivity contribution in [2.75, 3.05) is 17.6 Å². The third-order valence-electron chi connectivity index (χ3n) is 0.941. The molecule has 1 aromatic rings. The van der Waals surface area contributed by atoms with Crippen molar-refractivity contribution in [3.8, 4) is 0 Å². The molecule has 4 N–H and O–H groups in total. The molecule has 1 aromatic heterocycles. The molecule has 0 radical (unpaired) electrons. The van der Waals surface area contributed by atoms with E-state index in [9.17, 15) is 0 Å². The van der Waals surface area contributed by atoms with E-state index in [1.54, 1.807) is 0 Å². The fourth-order valence-corrected chi connectivity index (χ4v) is 0.595. The molecule has 0 aromatic carbocycles. The van der Waals surface area contributed by atoms with Crippen LogP contribution in [0.5, 0.6) is 0 Å². The summed E-state index contributed by atoms with van der Waals surface area (Å²) in [5, 5.41) is 9.48. The van der Waals surface area contributed by atoms with Crippen molar-refractivity contribution >= 4 is 23.5 Å². The van der Waals surface area contributed by atoms with Crippen LogP contribution < -0.4 is 11.1 Å². The van der Waals surface area contributed by atoms with Gasteiger partial charge in [0.15, 0.2) is 0 Å². The summed E-state index contributed by atoms with van der Waals surface area (Å²) in [6.07, 6.45) is 0. The van der Waals surface area contributed by atoms with Crippen LogP contribution in [-0.4, -0.2) is 21.7 Å². The number of nitrogens with one attached hydrogen (secondary N) is 2. The largest absolute Gasteiger partial charge is 0.368 e. The van der Waals surface area contributed by atoms with E-state index in [1.165, 1.54) is 0 Å². The smallest absolute Gasteiger partial charge is 0.243 e. The molecule has 0 bridgehead atoms. The lowest BCUT2D eigenvalue weighted by Gasteiger charge is -1.96. The molecule has 60 valence electrons. The van der Waals surface area contributed by atoms with Crippen LogP contribution >= 0.6 is 11.6 Å². The van der Waals surface area contributed by atoms with Crippen molar-refractivity contribution in [3.63, 3.8) is 0 Å². The number of nitrogen functional groups attached to an aromatic ring is 1. The number of nitrogens with two attached hydrogens (primary N) is 1. The second kappa shape index (κ2) is 3.25. The summed E-state index contributed by atoms with van der Waals surface area (Å²) in [7, 11) is 0. The highest BCUT2D eigenvalue weighted by Crippen LogP contribution is 2.01. The Morgan fingerprint density at radius 2 is 2.55 bits per heavy atom. The summed E-state index contributed by atoms with van der Waals surface area (Å²) in [5.41, 5.74) is 5.26. The highest BCUT2D eigenvalue weighted by Gasteiger charge is 1.97. The third-order valence-corrected chi connectivity index (χ3v) is 1.07. The molecule has 1 heterocycles. The molecule has 0 aliphatic rings. The van der Waals surface area contributed by atoms with Gasteiger partial charge in [-0.25, -0.2) is 5.10 Å². The molecule has 0 atom stereocenters. The topological polar surface area (TPSA) is 79.6 Å². The van der Waals surface area contributed by atoms with Crippen molar-refractivity contribution in [3.05, 3.63) is 11.6 Å². The lowest BCUT2D eigenvalue weighted by atomic mass is 10.6. The molecule has 0 unspecified atom stereocenters. The number of halogens is 1. The van der Waals surface area contributed by atoms with Gasteiger partial charge < -0.3 is 11.1 Å². The van der Waals surface area contributed by atoms with Crippen LogP contribution in [-0.2, 0) is 0 Å². The minimum Gasteiger partial charge on any atom is -0.368 e. The van der Waals surface area contributed by atoms with Crippen LogP contribution in [0.2, 0.25) is 0 Å². The predicted octanol–water partition coefficient (Wildman–Crippen LogP) is 0.551. The van der Waals surface area contributed by atoms with E-state index in [4.69, 9.17) is 17.3 Å². The number of hydrogen-bond donors (Lipinski definition) is 3. The Hall–Kier alpha value is -1.23. The lowest BCUT2D eigenvalue weighted by molar-refractivity contribution is 1.08. The van der Waals surface area contributed by atoms with Gasteiger partial charge in [0.05, 0.1) is 6.54 Å². The number of H-pyrrole nitrogens is 1. The van der Waals surface area contributed by atoms with Gasteiger partial charge in [-0.15, -0.1) is 5.10 Å². The molecule has 0 spiro atoms. The number of nitrogens with zero attached hydrogens (tertiary/aromatic N) is 2. The van der Waals surface area contributed by atoms with Gasteiger partial charge in [0.2, 0.25) is 11.9 Å². The van der Waals surface area contributed by atoms with Gasteiger partial charge in [-0.1, -0.05) is 18.2 Å². The van der Waals surface area contributed by atoms with Gasteiger partial charge >= 0.3 is 0 Å². The molecule has 0 aliphatic carbocycles. The Morgan fingerprint density at radius 3 is 3.00 bits per heavy atom. The first-order valence-corrected chi connectivity index (χ1v) is 3.31. The minimum absolute atomic E-state index is 0.271. The maximum atomic E-state index is 5.48. The molecular formula is C5H8ClN5. The van der Waals surface area contributed by atoms with Gasteiger partial charge in [-0.05, 0) is 0 Å². The first-order chi connectivity index (χ1) is 5.18. The molecule has 0 saturated heterocycles. The van der Waals surface area contributed by atoms with Crippen LogP contribution in [0.4, 0.5) is 11.9 Å². The van der Waals surface area contributed by atoms with Gasteiger partial charge in [0.25, 0.3) is 0 Å². The van der Waals surface area contributed by atoms with Gasteiger partial charge in [-0.3, -0.25) is 0 Å². The Kier molecular flexibility index (Phi) is 2.32. The van der Waals surface area contributed by atoms with Crippen LogP contribution in [0.25, 0.3) is 0 Å². The van der Waals surface area contributed by atoms with Crippen LogP contribution in [0.15, 0.2) is 11.6 Å². The fraction of sp³-hybridized carbons (Fsp3) is 0.200. The Bertz CT molecular complexity index is 255. The van der Waals surface area contributed by atoms with Crippen LogP contribution in [0.1, 0.15) is 0 Å². The summed E-state index contributed by atoms with van der Waals surface area (Å²) in [5.74, 6) is 0.692. The number of aromatic nitrogens is 3. The Labute approximate surface area is 68.6 Å². The normalized spacial score (nSPS) is 9.55. The number of rotatable bonds is 3. The van der Waals surface area contributed by atoms with Crippen molar-refractivity contribution in [2.45, 2.75) is 0 Å². The molecule has 0 saturated carbocycles. The molecule has 0 amide bonds. The summed E-state index contributed by atoms with van der Waals surface area (Å²) < 4.78 is 0. The van der Waals surface area contributed by atoms with Gasteiger partial charge in [0, 0.05) is 5.03 Å². The zero-order chi connectivity index (χ0) is 8.27. The van der Waals surface area contributed by atoms with Gasteiger partial charge in [0.1, 0.15) is 0 Å². The first-order valence-electron chi connectivity index (χ1n) is 2.93. The van der Waals surface area contributed by atoms with E-state index in [2.05, 4.69) is 27.1 Å². The summed E-state index contributed by atoms with van der Waals surface area (Å²) in [6, 6.07) is 0. The van der Waals surface area contributed by atoms with Crippen molar-refractivity contribution in [1.82, 2.24) is 15.2 Å². The quantitative estimate of drug-likeness (QED) is 0.624. The fourth-order valence-electron chi connectivity index (χ4n) is 0.528. The second-order valence-corrected chi connectivity index (χ2v) is 2.45. The molecular weight excluding hydrogens is 166 g/mol. The van der Waals surface area contributed by atoms with Crippen molar-refractivity contribution < 1.29 is 0 Å². The number of aromatic amines is 1. The van der Waals surface area contributed by atoms with E-state index < -0.39 is 0 Å². The summed E-state index contributed by atoms with van der Waals surface area (Å²) in [4.78, 5) is 3.78.